The summed E-state index contributed by atoms with van der Waals surface area (Å²) in [5, 5.41) is 7.79. The number of hydrogen-bond donors (Lipinski definition) is 0. The van der Waals surface area contributed by atoms with Crippen molar-refractivity contribution in [2.75, 3.05) is 13.2 Å². The molecule has 0 fully saturated rings. The molecule has 0 N–H and O–H groups in total. The van der Waals surface area contributed by atoms with Crippen LogP contribution in [0.25, 0.3) is 11.5 Å². The van der Waals surface area contributed by atoms with Crippen molar-refractivity contribution in [1.29, 1.82) is 0 Å². The minimum Gasteiger partial charge on any atom is -0.494 e. The van der Waals surface area contributed by atoms with Gasteiger partial charge in [-0.05, 0) is 43.3 Å². The summed E-state index contributed by atoms with van der Waals surface area (Å²) in [6.45, 7) is 2.18. The first-order valence-electron chi connectivity index (χ1n) is 8.13. The maximum atomic E-state index is 11.8. The van der Waals surface area contributed by atoms with E-state index >= 15 is 0 Å². The van der Waals surface area contributed by atoms with E-state index in [0.29, 0.717) is 18.2 Å². The van der Waals surface area contributed by atoms with Crippen LogP contribution in [0.4, 0.5) is 0 Å². The predicted octanol–water partition coefficient (Wildman–Crippen LogP) is 3.26. The summed E-state index contributed by atoms with van der Waals surface area (Å²) in [4.78, 5) is 11.8. The maximum Gasteiger partial charge on any atom is 0.344 e. The van der Waals surface area contributed by atoms with Crippen molar-refractivity contribution >= 4 is 5.97 Å². The van der Waals surface area contributed by atoms with Crippen molar-refractivity contribution in [1.82, 2.24) is 10.2 Å². The molecule has 0 aliphatic carbocycles. The number of carbonyl (C=O) groups is 1. The number of esters is 1. The molecule has 0 bridgehead atoms. The molecule has 0 aliphatic rings. The first kappa shape index (κ1) is 17.5. The Morgan fingerprint density at radius 3 is 2.35 bits per heavy atom. The van der Waals surface area contributed by atoms with Crippen LogP contribution in [-0.2, 0) is 16.1 Å². The standard InChI is InChI=1S/C19H18N2O5/c1-2-23-15-8-10-16(11-9-15)24-13-18(22)25-12-17-20-21-19(26-17)14-6-4-3-5-7-14/h3-11H,2,12-13H2,1H3. The third-order valence-electron chi connectivity index (χ3n) is 3.34. The Labute approximate surface area is 150 Å². The largest absolute Gasteiger partial charge is 0.494 e. The van der Waals surface area contributed by atoms with Gasteiger partial charge in [0.05, 0.1) is 6.61 Å². The lowest BCUT2D eigenvalue weighted by molar-refractivity contribution is -0.148. The normalized spacial score (nSPS) is 10.3. The fourth-order valence-corrected chi connectivity index (χ4v) is 2.13. The van der Waals surface area contributed by atoms with Gasteiger partial charge in [-0.3, -0.25) is 0 Å². The van der Waals surface area contributed by atoms with Gasteiger partial charge in [0.25, 0.3) is 5.89 Å². The fourth-order valence-electron chi connectivity index (χ4n) is 2.13. The van der Waals surface area contributed by atoms with E-state index in [2.05, 4.69) is 10.2 Å². The number of carbonyl (C=O) groups excluding carboxylic acids is 1. The van der Waals surface area contributed by atoms with E-state index in [1.165, 1.54) is 0 Å². The summed E-state index contributed by atoms with van der Waals surface area (Å²) in [7, 11) is 0. The zero-order chi connectivity index (χ0) is 18.2. The number of aromatic nitrogens is 2. The van der Waals surface area contributed by atoms with Crippen molar-refractivity contribution < 1.29 is 23.4 Å². The molecule has 3 rings (SSSR count). The average Bonchev–Trinajstić information content (AvgIpc) is 3.16. The van der Waals surface area contributed by atoms with Gasteiger partial charge in [0.15, 0.2) is 13.2 Å². The van der Waals surface area contributed by atoms with Gasteiger partial charge < -0.3 is 18.6 Å². The van der Waals surface area contributed by atoms with E-state index in [9.17, 15) is 4.79 Å². The first-order chi connectivity index (χ1) is 12.7. The highest BCUT2D eigenvalue weighted by Crippen LogP contribution is 2.18. The van der Waals surface area contributed by atoms with Gasteiger partial charge in [-0.25, -0.2) is 4.79 Å². The highest BCUT2D eigenvalue weighted by Gasteiger charge is 2.11. The Kier molecular flexibility index (Phi) is 5.82. The third kappa shape index (κ3) is 4.83. The Bertz CT molecular complexity index is 831. The lowest BCUT2D eigenvalue weighted by Gasteiger charge is -2.07. The van der Waals surface area contributed by atoms with Crippen molar-refractivity contribution in [3.8, 4) is 23.0 Å². The highest BCUT2D eigenvalue weighted by molar-refractivity contribution is 5.71. The minimum absolute atomic E-state index is 0.106. The van der Waals surface area contributed by atoms with Crippen molar-refractivity contribution in [2.24, 2.45) is 0 Å². The molecule has 0 aliphatic heterocycles. The molecule has 7 heteroatoms. The summed E-state index contributed by atoms with van der Waals surface area (Å²) in [6.07, 6.45) is 0. The summed E-state index contributed by atoms with van der Waals surface area (Å²) in [5.41, 5.74) is 0.802. The lowest BCUT2D eigenvalue weighted by atomic mass is 10.2. The minimum atomic E-state index is -0.529. The zero-order valence-electron chi connectivity index (χ0n) is 14.3. The first-order valence-corrected chi connectivity index (χ1v) is 8.13. The lowest BCUT2D eigenvalue weighted by Crippen LogP contribution is -2.14. The van der Waals surface area contributed by atoms with E-state index in [4.69, 9.17) is 18.6 Å². The second-order valence-corrected chi connectivity index (χ2v) is 5.22. The van der Waals surface area contributed by atoms with Gasteiger partial charge in [-0.2, -0.15) is 0 Å². The summed E-state index contributed by atoms with van der Waals surface area (Å²) in [6, 6.07) is 16.3. The molecule has 2 aromatic carbocycles. The molecule has 3 aromatic rings. The summed E-state index contributed by atoms with van der Waals surface area (Å²) in [5.74, 6) is 1.36. The molecule has 0 saturated carbocycles. The number of nitrogens with zero attached hydrogens (tertiary/aromatic N) is 2. The molecular weight excluding hydrogens is 336 g/mol. The van der Waals surface area contributed by atoms with Gasteiger partial charge in [0.2, 0.25) is 5.89 Å². The second-order valence-electron chi connectivity index (χ2n) is 5.22. The quantitative estimate of drug-likeness (QED) is 0.574. The molecule has 134 valence electrons. The van der Waals surface area contributed by atoms with Crippen LogP contribution in [-0.4, -0.2) is 29.4 Å². The molecule has 0 radical (unpaired) electrons. The van der Waals surface area contributed by atoms with Crippen LogP contribution in [0.3, 0.4) is 0 Å². The van der Waals surface area contributed by atoms with Crippen molar-refractivity contribution in [3.05, 3.63) is 60.5 Å². The number of hydrogen-bond acceptors (Lipinski definition) is 7. The monoisotopic (exact) mass is 354 g/mol. The van der Waals surface area contributed by atoms with Gasteiger partial charge in [-0.15, -0.1) is 10.2 Å². The fraction of sp³-hybridized carbons (Fsp3) is 0.211. The molecule has 1 heterocycles. The van der Waals surface area contributed by atoms with E-state index in [1.54, 1.807) is 24.3 Å². The number of rotatable bonds is 8. The average molecular weight is 354 g/mol. The molecule has 1 aromatic heterocycles. The topological polar surface area (TPSA) is 83.7 Å². The Balaban J connectivity index is 1.45. The van der Waals surface area contributed by atoms with Gasteiger partial charge in [0, 0.05) is 5.56 Å². The second kappa shape index (κ2) is 8.66. The van der Waals surface area contributed by atoms with Crippen molar-refractivity contribution in [3.63, 3.8) is 0 Å². The Morgan fingerprint density at radius 2 is 1.65 bits per heavy atom. The molecule has 0 unspecified atom stereocenters. The van der Waals surface area contributed by atoms with Crippen LogP contribution < -0.4 is 9.47 Å². The molecule has 0 saturated heterocycles. The summed E-state index contributed by atoms with van der Waals surface area (Å²) >= 11 is 0. The summed E-state index contributed by atoms with van der Waals surface area (Å²) < 4.78 is 21.2. The van der Waals surface area contributed by atoms with Crippen LogP contribution in [0.15, 0.2) is 59.0 Å². The zero-order valence-corrected chi connectivity index (χ0v) is 14.3. The Hall–Kier alpha value is -3.35. The van der Waals surface area contributed by atoms with Crippen LogP contribution in [0.1, 0.15) is 12.8 Å². The Morgan fingerprint density at radius 1 is 0.962 bits per heavy atom. The van der Waals surface area contributed by atoms with Crippen LogP contribution >= 0.6 is 0 Å². The van der Waals surface area contributed by atoms with E-state index in [1.807, 2.05) is 37.3 Å². The van der Waals surface area contributed by atoms with Gasteiger partial charge in [-0.1, -0.05) is 18.2 Å². The molecule has 0 atom stereocenters. The van der Waals surface area contributed by atoms with Crippen LogP contribution in [0, 0.1) is 0 Å². The van der Waals surface area contributed by atoms with Gasteiger partial charge >= 0.3 is 5.97 Å². The number of benzene rings is 2. The smallest absolute Gasteiger partial charge is 0.344 e. The third-order valence-corrected chi connectivity index (χ3v) is 3.34. The maximum absolute atomic E-state index is 11.8. The SMILES string of the molecule is CCOc1ccc(OCC(=O)OCc2nnc(-c3ccccc3)o2)cc1. The van der Waals surface area contributed by atoms with Gasteiger partial charge in [0.1, 0.15) is 11.5 Å². The van der Waals surface area contributed by atoms with E-state index < -0.39 is 5.97 Å². The van der Waals surface area contributed by atoms with Crippen LogP contribution in [0.2, 0.25) is 0 Å². The van der Waals surface area contributed by atoms with E-state index in [-0.39, 0.29) is 19.1 Å². The number of ether oxygens (including phenoxy) is 3. The van der Waals surface area contributed by atoms with Crippen LogP contribution in [0.5, 0.6) is 11.5 Å². The molecule has 26 heavy (non-hydrogen) atoms. The molecule has 0 amide bonds. The predicted molar refractivity (Wildman–Crippen MR) is 92.6 cm³/mol. The highest BCUT2D eigenvalue weighted by atomic mass is 16.6. The van der Waals surface area contributed by atoms with Crippen molar-refractivity contribution in [2.45, 2.75) is 13.5 Å². The molecular formula is C19H18N2O5. The van der Waals surface area contributed by atoms with E-state index in [0.717, 1.165) is 11.3 Å². The molecule has 7 nitrogen and oxygen atoms in total. The molecule has 0 spiro atoms.